The Morgan fingerprint density at radius 1 is 0.933 bits per heavy atom. The number of aromatic nitrogens is 3. The quantitative estimate of drug-likeness (QED) is 0.557. The van der Waals surface area contributed by atoms with E-state index >= 15 is 0 Å². The molecule has 6 nitrogen and oxygen atoms in total. The molecule has 0 spiro atoms. The zero-order chi connectivity index (χ0) is 20.3. The van der Waals surface area contributed by atoms with Crippen molar-refractivity contribution in [3.63, 3.8) is 0 Å². The van der Waals surface area contributed by atoms with Crippen LogP contribution >= 0.6 is 0 Å². The molecule has 2 aromatic heterocycles. The van der Waals surface area contributed by atoms with Crippen LogP contribution in [0, 0.1) is 0 Å². The van der Waals surface area contributed by atoms with Gasteiger partial charge in [0.2, 0.25) is 0 Å². The van der Waals surface area contributed by atoms with Crippen LogP contribution in [0.25, 0.3) is 16.9 Å². The Labute approximate surface area is 176 Å². The number of nitrogens with one attached hydrogen (secondary N) is 1. The number of ether oxygens (including phenoxy) is 1. The van der Waals surface area contributed by atoms with Crippen LogP contribution in [0.2, 0.25) is 0 Å². The molecule has 0 saturated carbocycles. The maximum absolute atomic E-state index is 5.27. The standard InChI is InChI=1S/C24H25N5O/c1-30-21-11-7-19(8-12-21)22-3-2-4-24-26-23(27-29(22)24)17-18-5-9-20(10-6-18)28-15-13-25-14-16-28/h2-12,25H,13-17H2,1H3. The Morgan fingerprint density at radius 2 is 1.70 bits per heavy atom. The van der Waals surface area contributed by atoms with Crippen molar-refractivity contribution in [2.45, 2.75) is 6.42 Å². The second-order valence-electron chi connectivity index (χ2n) is 7.52. The van der Waals surface area contributed by atoms with Crippen molar-refractivity contribution in [1.82, 2.24) is 19.9 Å². The molecule has 5 rings (SSSR count). The molecule has 3 heterocycles. The van der Waals surface area contributed by atoms with Gasteiger partial charge in [0, 0.05) is 43.9 Å². The Hall–Kier alpha value is -3.38. The number of methoxy groups -OCH3 is 1. The normalized spacial score (nSPS) is 14.2. The molecule has 152 valence electrons. The van der Waals surface area contributed by atoms with Gasteiger partial charge in [-0.25, -0.2) is 9.50 Å². The molecule has 0 aliphatic carbocycles. The molecular weight excluding hydrogens is 374 g/mol. The number of benzene rings is 2. The van der Waals surface area contributed by atoms with Gasteiger partial charge in [0.1, 0.15) is 5.75 Å². The summed E-state index contributed by atoms with van der Waals surface area (Å²) in [4.78, 5) is 7.17. The van der Waals surface area contributed by atoms with Crippen LogP contribution in [-0.4, -0.2) is 47.9 Å². The van der Waals surface area contributed by atoms with Gasteiger partial charge in [-0.3, -0.25) is 0 Å². The molecule has 0 atom stereocenters. The van der Waals surface area contributed by atoms with Crippen molar-refractivity contribution in [2.75, 3.05) is 38.2 Å². The smallest absolute Gasteiger partial charge is 0.156 e. The summed E-state index contributed by atoms with van der Waals surface area (Å²) in [5.74, 6) is 1.67. The lowest BCUT2D eigenvalue weighted by Crippen LogP contribution is -2.43. The topological polar surface area (TPSA) is 54.7 Å². The molecule has 1 saturated heterocycles. The van der Waals surface area contributed by atoms with Crippen LogP contribution in [-0.2, 0) is 6.42 Å². The molecule has 0 amide bonds. The van der Waals surface area contributed by atoms with Crippen LogP contribution in [0.4, 0.5) is 5.69 Å². The first-order valence-corrected chi connectivity index (χ1v) is 10.3. The minimum atomic E-state index is 0.714. The van der Waals surface area contributed by atoms with Gasteiger partial charge in [-0.05, 0) is 54.1 Å². The van der Waals surface area contributed by atoms with E-state index in [0.29, 0.717) is 6.42 Å². The second kappa shape index (κ2) is 8.16. The van der Waals surface area contributed by atoms with Gasteiger partial charge in [-0.2, -0.15) is 5.10 Å². The molecule has 2 aromatic carbocycles. The number of hydrogen-bond acceptors (Lipinski definition) is 5. The fraction of sp³-hybridized carbons (Fsp3) is 0.250. The van der Waals surface area contributed by atoms with Crippen LogP contribution < -0.4 is 15.0 Å². The molecule has 30 heavy (non-hydrogen) atoms. The largest absolute Gasteiger partial charge is 0.497 e. The summed E-state index contributed by atoms with van der Waals surface area (Å²) in [5, 5.41) is 8.19. The highest BCUT2D eigenvalue weighted by molar-refractivity contribution is 5.63. The van der Waals surface area contributed by atoms with Crippen LogP contribution in [0.5, 0.6) is 5.75 Å². The molecule has 1 aliphatic heterocycles. The number of pyridine rings is 1. The third-order valence-corrected chi connectivity index (χ3v) is 5.57. The van der Waals surface area contributed by atoms with Crippen molar-refractivity contribution >= 4 is 11.3 Å². The summed E-state index contributed by atoms with van der Waals surface area (Å²) in [5.41, 5.74) is 5.46. The Kier molecular flexibility index (Phi) is 5.07. The van der Waals surface area contributed by atoms with Gasteiger partial charge in [-0.15, -0.1) is 0 Å². The number of rotatable bonds is 5. The molecule has 1 N–H and O–H groups in total. The summed E-state index contributed by atoms with van der Waals surface area (Å²) in [7, 11) is 1.68. The van der Waals surface area contributed by atoms with Crippen molar-refractivity contribution in [1.29, 1.82) is 0 Å². The van der Waals surface area contributed by atoms with E-state index in [1.165, 1.54) is 11.3 Å². The molecule has 6 heteroatoms. The zero-order valence-corrected chi connectivity index (χ0v) is 17.1. The summed E-state index contributed by atoms with van der Waals surface area (Å²) < 4.78 is 7.19. The van der Waals surface area contributed by atoms with Crippen molar-refractivity contribution < 1.29 is 4.74 Å². The number of piperazine rings is 1. The minimum Gasteiger partial charge on any atom is -0.497 e. The summed E-state index contributed by atoms with van der Waals surface area (Å²) >= 11 is 0. The van der Waals surface area contributed by atoms with Crippen molar-refractivity contribution in [3.8, 4) is 17.0 Å². The van der Waals surface area contributed by atoms with E-state index in [2.05, 4.69) is 40.5 Å². The summed E-state index contributed by atoms with van der Waals surface area (Å²) in [6.07, 6.45) is 0.714. The highest BCUT2D eigenvalue weighted by Crippen LogP contribution is 2.23. The van der Waals surface area contributed by atoms with Gasteiger partial charge in [-0.1, -0.05) is 18.2 Å². The summed E-state index contributed by atoms with van der Waals surface area (Å²) in [6.45, 7) is 4.20. The predicted octanol–water partition coefficient (Wildman–Crippen LogP) is 3.41. The average molecular weight is 399 g/mol. The second-order valence-corrected chi connectivity index (χ2v) is 7.52. The van der Waals surface area contributed by atoms with Gasteiger partial charge >= 0.3 is 0 Å². The Bertz CT molecular complexity index is 1130. The number of hydrogen-bond donors (Lipinski definition) is 1. The van der Waals surface area contributed by atoms with E-state index in [4.69, 9.17) is 14.8 Å². The van der Waals surface area contributed by atoms with Gasteiger partial charge < -0.3 is 15.0 Å². The lowest BCUT2D eigenvalue weighted by molar-refractivity contribution is 0.415. The molecule has 1 fully saturated rings. The highest BCUT2D eigenvalue weighted by Gasteiger charge is 2.12. The molecule has 0 unspecified atom stereocenters. The Balaban J connectivity index is 1.38. The molecular formula is C24H25N5O. The van der Waals surface area contributed by atoms with E-state index in [1.54, 1.807) is 7.11 Å². The number of fused-ring (bicyclic) bond motifs is 1. The van der Waals surface area contributed by atoms with E-state index < -0.39 is 0 Å². The first kappa shape index (κ1) is 18.6. The minimum absolute atomic E-state index is 0.714. The molecule has 4 aromatic rings. The zero-order valence-electron chi connectivity index (χ0n) is 17.1. The average Bonchev–Trinajstić information content (AvgIpc) is 3.23. The van der Waals surface area contributed by atoms with E-state index in [9.17, 15) is 0 Å². The third-order valence-electron chi connectivity index (χ3n) is 5.57. The monoisotopic (exact) mass is 399 g/mol. The predicted molar refractivity (Wildman–Crippen MR) is 119 cm³/mol. The fourth-order valence-electron chi connectivity index (χ4n) is 3.94. The molecule has 0 radical (unpaired) electrons. The third kappa shape index (κ3) is 3.74. The van der Waals surface area contributed by atoms with Gasteiger partial charge in [0.15, 0.2) is 11.5 Å². The van der Waals surface area contributed by atoms with Crippen LogP contribution in [0.15, 0.2) is 66.7 Å². The van der Waals surface area contributed by atoms with Crippen LogP contribution in [0.1, 0.15) is 11.4 Å². The maximum Gasteiger partial charge on any atom is 0.156 e. The van der Waals surface area contributed by atoms with Crippen LogP contribution in [0.3, 0.4) is 0 Å². The first-order valence-electron chi connectivity index (χ1n) is 10.3. The molecule has 0 bridgehead atoms. The molecule has 1 aliphatic rings. The van der Waals surface area contributed by atoms with Crippen molar-refractivity contribution in [3.05, 3.63) is 78.1 Å². The number of anilines is 1. The fourth-order valence-corrected chi connectivity index (χ4v) is 3.94. The van der Waals surface area contributed by atoms with Crippen molar-refractivity contribution in [2.24, 2.45) is 0 Å². The first-order chi connectivity index (χ1) is 14.8. The Morgan fingerprint density at radius 3 is 2.43 bits per heavy atom. The van der Waals surface area contributed by atoms with E-state index in [1.807, 2.05) is 40.9 Å². The van der Waals surface area contributed by atoms with Gasteiger partial charge in [0.25, 0.3) is 0 Å². The summed E-state index contributed by atoms with van der Waals surface area (Å²) in [6, 6.07) is 22.9. The number of nitrogens with zero attached hydrogens (tertiary/aromatic N) is 4. The van der Waals surface area contributed by atoms with Gasteiger partial charge in [0.05, 0.1) is 12.8 Å². The lowest BCUT2D eigenvalue weighted by Gasteiger charge is -2.29. The maximum atomic E-state index is 5.27. The lowest BCUT2D eigenvalue weighted by atomic mass is 10.1. The SMILES string of the molecule is COc1ccc(-c2cccc3nc(Cc4ccc(N5CCNCC5)cc4)nn23)cc1. The van der Waals surface area contributed by atoms with E-state index in [-0.39, 0.29) is 0 Å². The van der Waals surface area contributed by atoms with E-state index in [0.717, 1.165) is 54.7 Å². The highest BCUT2D eigenvalue weighted by atomic mass is 16.5.